The minimum Gasteiger partial charge on any atom is -0.330 e. The van der Waals surface area contributed by atoms with Gasteiger partial charge in [-0.2, -0.15) is 0 Å². The van der Waals surface area contributed by atoms with Crippen LogP contribution in [0.2, 0.25) is 0 Å². The van der Waals surface area contributed by atoms with Gasteiger partial charge in [0.25, 0.3) is 0 Å². The van der Waals surface area contributed by atoms with Crippen molar-refractivity contribution in [3.8, 4) is 0 Å². The second kappa shape index (κ2) is 6.24. The van der Waals surface area contributed by atoms with Crippen molar-refractivity contribution in [1.29, 1.82) is 0 Å². The van der Waals surface area contributed by atoms with Crippen LogP contribution in [0.3, 0.4) is 0 Å². The van der Waals surface area contributed by atoms with E-state index >= 15 is 0 Å². The zero-order chi connectivity index (χ0) is 10.6. The Labute approximate surface area is 112 Å². The van der Waals surface area contributed by atoms with E-state index in [4.69, 9.17) is 5.73 Å². The van der Waals surface area contributed by atoms with E-state index in [1.54, 1.807) is 0 Å². The minimum absolute atomic E-state index is 0.417. The van der Waals surface area contributed by atoms with Gasteiger partial charge >= 0.3 is 0 Å². The van der Waals surface area contributed by atoms with E-state index in [1.807, 2.05) is 7.05 Å². The van der Waals surface area contributed by atoms with Crippen molar-refractivity contribution in [3.63, 3.8) is 0 Å². The highest BCUT2D eigenvalue weighted by Gasteiger charge is 2.14. The molecule has 0 bridgehead atoms. The summed E-state index contributed by atoms with van der Waals surface area (Å²) in [7, 11) is 1.96. The van der Waals surface area contributed by atoms with Crippen LogP contribution in [0.1, 0.15) is 11.5 Å². The molecule has 0 spiro atoms. The van der Waals surface area contributed by atoms with Crippen molar-refractivity contribution in [2.75, 3.05) is 20.1 Å². The molecular formula is C10H14I2N2. The lowest BCUT2D eigenvalue weighted by Crippen LogP contribution is -2.25. The molecule has 1 unspecified atom stereocenters. The Morgan fingerprint density at radius 2 is 1.93 bits per heavy atom. The van der Waals surface area contributed by atoms with E-state index in [9.17, 15) is 0 Å². The first kappa shape index (κ1) is 12.7. The second-order valence-electron chi connectivity index (χ2n) is 3.13. The molecule has 0 saturated heterocycles. The molecule has 4 heteroatoms. The average molecular weight is 416 g/mol. The fourth-order valence-corrected chi connectivity index (χ4v) is 3.84. The maximum absolute atomic E-state index is 5.78. The summed E-state index contributed by atoms with van der Waals surface area (Å²) in [5.41, 5.74) is 7.16. The van der Waals surface area contributed by atoms with E-state index in [-0.39, 0.29) is 0 Å². The molecule has 1 aromatic rings. The average Bonchev–Trinajstić information content (AvgIpc) is 2.16. The fraction of sp³-hybridized carbons (Fsp3) is 0.400. The topological polar surface area (TPSA) is 38.0 Å². The third-order valence-corrected chi connectivity index (χ3v) is 4.02. The number of likely N-dealkylation sites (N-methyl/N-ethyl adjacent to an activating group) is 1. The molecule has 0 aliphatic carbocycles. The molecule has 0 fully saturated rings. The molecular weight excluding hydrogens is 402 g/mol. The number of nitrogens with one attached hydrogen (secondary N) is 1. The summed E-state index contributed by atoms with van der Waals surface area (Å²) in [5.74, 6) is 0.417. The quantitative estimate of drug-likeness (QED) is 0.739. The first-order valence-electron chi connectivity index (χ1n) is 4.49. The summed E-state index contributed by atoms with van der Waals surface area (Å²) in [5, 5.41) is 3.18. The van der Waals surface area contributed by atoms with Gasteiger partial charge in [-0.05, 0) is 69.9 Å². The van der Waals surface area contributed by atoms with Gasteiger partial charge in [0.1, 0.15) is 0 Å². The normalized spacial score (nSPS) is 12.9. The first-order valence-corrected chi connectivity index (χ1v) is 6.65. The highest BCUT2D eigenvalue weighted by molar-refractivity contribution is 14.1. The minimum atomic E-state index is 0.417. The van der Waals surface area contributed by atoms with Crippen LogP contribution in [0.4, 0.5) is 0 Å². The van der Waals surface area contributed by atoms with Crippen LogP contribution < -0.4 is 11.1 Å². The predicted molar refractivity (Wildman–Crippen MR) is 77.6 cm³/mol. The Morgan fingerprint density at radius 3 is 2.36 bits per heavy atom. The number of hydrogen-bond donors (Lipinski definition) is 2. The van der Waals surface area contributed by atoms with Crippen LogP contribution in [0.15, 0.2) is 18.2 Å². The van der Waals surface area contributed by atoms with Crippen molar-refractivity contribution >= 4 is 45.2 Å². The molecule has 0 radical (unpaired) electrons. The zero-order valence-electron chi connectivity index (χ0n) is 8.06. The molecule has 3 N–H and O–H groups in total. The van der Waals surface area contributed by atoms with Crippen molar-refractivity contribution in [1.82, 2.24) is 5.32 Å². The maximum Gasteiger partial charge on any atom is 0.0176 e. The first-order chi connectivity index (χ1) is 6.70. The number of halogens is 2. The van der Waals surface area contributed by atoms with Gasteiger partial charge in [0.2, 0.25) is 0 Å². The molecule has 0 aliphatic heterocycles. The summed E-state index contributed by atoms with van der Waals surface area (Å²) in [6, 6.07) is 6.35. The second-order valence-corrected chi connectivity index (χ2v) is 5.45. The lowest BCUT2D eigenvalue weighted by molar-refractivity contribution is 0.632. The Balaban J connectivity index is 3.02. The summed E-state index contributed by atoms with van der Waals surface area (Å²) in [4.78, 5) is 0. The smallest absolute Gasteiger partial charge is 0.0176 e. The maximum atomic E-state index is 5.78. The van der Waals surface area contributed by atoms with E-state index < -0.39 is 0 Å². The van der Waals surface area contributed by atoms with Crippen LogP contribution in [0.5, 0.6) is 0 Å². The van der Waals surface area contributed by atoms with E-state index in [0.29, 0.717) is 12.5 Å². The Kier molecular flexibility index (Phi) is 5.65. The molecule has 1 rings (SSSR count). The molecule has 14 heavy (non-hydrogen) atoms. The molecule has 1 atom stereocenters. The van der Waals surface area contributed by atoms with Crippen molar-refractivity contribution in [2.24, 2.45) is 5.73 Å². The van der Waals surface area contributed by atoms with Crippen LogP contribution in [-0.4, -0.2) is 20.1 Å². The lowest BCUT2D eigenvalue weighted by atomic mass is 9.99. The summed E-state index contributed by atoms with van der Waals surface area (Å²) in [6.07, 6.45) is 0. The third kappa shape index (κ3) is 3.04. The van der Waals surface area contributed by atoms with Gasteiger partial charge in [0, 0.05) is 26.1 Å². The Hall–Kier alpha value is 0.600. The predicted octanol–water partition coefficient (Wildman–Crippen LogP) is 2.16. The van der Waals surface area contributed by atoms with Gasteiger partial charge in [-0.25, -0.2) is 0 Å². The van der Waals surface area contributed by atoms with Crippen molar-refractivity contribution in [2.45, 2.75) is 5.92 Å². The molecule has 0 amide bonds. The molecule has 0 heterocycles. The van der Waals surface area contributed by atoms with E-state index in [2.05, 4.69) is 68.7 Å². The van der Waals surface area contributed by atoms with Gasteiger partial charge in [-0.1, -0.05) is 6.07 Å². The van der Waals surface area contributed by atoms with Crippen LogP contribution in [-0.2, 0) is 0 Å². The Bertz CT molecular complexity index is 282. The molecule has 1 aromatic carbocycles. The molecule has 0 aromatic heterocycles. The summed E-state index contributed by atoms with van der Waals surface area (Å²) >= 11 is 4.75. The molecule has 0 aliphatic rings. The van der Waals surface area contributed by atoms with Crippen molar-refractivity contribution in [3.05, 3.63) is 30.9 Å². The SMILES string of the molecule is CNCC(CN)c1c(I)cccc1I. The Morgan fingerprint density at radius 1 is 1.36 bits per heavy atom. The molecule has 0 saturated carbocycles. The highest BCUT2D eigenvalue weighted by atomic mass is 127. The van der Waals surface area contributed by atoms with Gasteiger partial charge in [-0.3, -0.25) is 0 Å². The van der Waals surface area contributed by atoms with Crippen molar-refractivity contribution < 1.29 is 0 Å². The number of hydrogen-bond acceptors (Lipinski definition) is 2. The summed E-state index contributed by atoms with van der Waals surface area (Å²) < 4.78 is 2.61. The van der Waals surface area contributed by atoms with E-state index in [0.717, 1.165) is 6.54 Å². The molecule has 78 valence electrons. The van der Waals surface area contributed by atoms with E-state index in [1.165, 1.54) is 12.7 Å². The third-order valence-electron chi connectivity index (χ3n) is 2.14. The largest absolute Gasteiger partial charge is 0.330 e. The van der Waals surface area contributed by atoms with Gasteiger partial charge < -0.3 is 11.1 Å². The van der Waals surface area contributed by atoms with Gasteiger partial charge in [0.15, 0.2) is 0 Å². The van der Waals surface area contributed by atoms with Crippen LogP contribution in [0, 0.1) is 7.14 Å². The number of benzene rings is 1. The van der Waals surface area contributed by atoms with Gasteiger partial charge in [-0.15, -0.1) is 0 Å². The van der Waals surface area contributed by atoms with Crippen LogP contribution in [0.25, 0.3) is 0 Å². The number of nitrogens with two attached hydrogens (primary N) is 1. The molecule has 2 nitrogen and oxygen atoms in total. The van der Waals surface area contributed by atoms with Gasteiger partial charge in [0.05, 0.1) is 0 Å². The monoisotopic (exact) mass is 416 g/mol. The lowest BCUT2D eigenvalue weighted by Gasteiger charge is -2.18. The standard InChI is InChI=1S/C10H14I2N2/c1-14-6-7(5-13)10-8(11)3-2-4-9(10)12/h2-4,7,14H,5-6,13H2,1H3. The van der Waals surface area contributed by atoms with Crippen LogP contribution >= 0.6 is 45.2 Å². The summed E-state index contributed by atoms with van der Waals surface area (Å²) in [6.45, 7) is 1.63. The number of rotatable bonds is 4. The highest BCUT2D eigenvalue weighted by Crippen LogP contribution is 2.26. The fourth-order valence-electron chi connectivity index (χ4n) is 1.45. The zero-order valence-corrected chi connectivity index (χ0v) is 12.4.